The molecule has 1 rings (SSSR count). The molecule has 0 aliphatic rings. The molecule has 0 heterocycles. The number of hydrogen-bond donors (Lipinski definition) is 2. The molecular weight excluding hydrogens is 238 g/mol. The Labute approximate surface area is 105 Å². The van der Waals surface area contributed by atoms with Crippen molar-refractivity contribution in [2.24, 2.45) is 0 Å². The summed E-state index contributed by atoms with van der Waals surface area (Å²) in [6.07, 6.45) is 0. The molecule has 1 amide bonds. The monoisotopic (exact) mass is 255 g/mol. The number of aliphatic hydroxyl groups excluding tert-OH is 1. The molecule has 0 radical (unpaired) electrons. The van der Waals surface area contributed by atoms with Crippen LogP contribution in [0.4, 0.5) is 0 Å². The Morgan fingerprint density at radius 1 is 1.47 bits per heavy atom. The van der Waals surface area contributed by atoms with E-state index in [4.69, 9.17) is 9.84 Å². The number of amides is 1. The molecular formula is C12H17NO3S. The lowest BCUT2D eigenvalue weighted by Crippen LogP contribution is -2.32. The molecule has 1 aromatic rings. The lowest BCUT2D eigenvalue weighted by atomic mass is 10.3. The van der Waals surface area contributed by atoms with Crippen LogP contribution in [0.5, 0.6) is 5.75 Å². The van der Waals surface area contributed by atoms with E-state index in [0.717, 1.165) is 10.6 Å². The molecule has 0 saturated heterocycles. The second-order valence-electron chi connectivity index (χ2n) is 3.45. The van der Waals surface area contributed by atoms with Crippen molar-refractivity contribution in [2.45, 2.75) is 17.1 Å². The van der Waals surface area contributed by atoms with Crippen molar-refractivity contribution in [1.82, 2.24) is 5.32 Å². The minimum atomic E-state index is -0.185. The van der Waals surface area contributed by atoms with Crippen LogP contribution in [0.1, 0.15) is 6.92 Å². The maximum absolute atomic E-state index is 11.6. The minimum absolute atomic E-state index is 0.0360. The number of carbonyl (C=O) groups excluding carboxylic acids is 1. The first kappa shape index (κ1) is 13.9. The highest BCUT2D eigenvalue weighted by Crippen LogP contribution is 2.25. The lowest BCUT2D eigenvalue weighted by Gasteiger charge is -2.11. The number of methoxy groups -OCH3 is 1. The van der Waals surface area contributed by atoms with E-state index in [1.54, 1.807) is 7.11 Å². The van der Waals surface area contributed by atoms with E-state index in [0.29, 0.717) is 6.54 Å². The zero-order valence-electron chi connectivity index (χ0n) is 9.97. The summed E-state index contributed by atoms with van der Waals surface area (Å²) >= 11 is 1.47. The summed E-state index contributed by atoms with van der Waals surface area (Å²) < 4.78 is 5.06. The average molecular weight is 255 g/mol. The zero-order chi connectivity index (χ0) is 12.7. The Bertz CT molecular complexity index is 353. The number of benzene rings is 1. The van der Waals surface area contributed by atoms with E-state index in [9.17, 15) is 4.79 Å². The largest absolute Gasteiger partial charge is 0.497 e. The van der Waals surface area contributed by atoms with Gasteiger partial charge in [-0.3, -0.25) is 4.79 Å². The maximum Gasteiger partial charge on any atom is 0.233 e. The van der Waals surface area contributed by atoms with Gasteiger partial charge >= 0.3 is 0 Å². The van der Waals surface area contributed by atoms with Gasteiger partial charge in [-0.25, -0.2) is 0 Å². The van der Waals surface area contributed by atoms with Crippen LogP contribution in [0.15, 0.2) is 29.2 Å². The maximum atomic E-state index is 11.6. The number of nitrogens with one attached hydrogen (secondary N) is 1. The van der Waals surface area contributed by atoms with Gasteiger partial charge in [0.1, 0.15) is 5.75 Å². The Hall–Kier alpha value is -1.20. The summed E-state index contributed by atoms with van der Waals surface area (Å²) in [4.78, 5) is 12.6. The van der Waals surface area contributed by atoms with E-state index in [1.807, 2.05) is 31.2 Å². The molecule has 0 aliphatic heterocycles. The molecule has 4 nitrogen and oxygen atoms in total. The molecule has 1 unspecified atom stereocenters. The summed E-state index contributed by atoms with van der Waals surface area (Å²) in [7, 11) is 1.62. The van der Waals surface area contributed by atoms with Crippen molar-refractivity contribution in [1.29, 1.82) is 0 Å². The fourth-order valence-electron chi connectivity index (χ4n) is 1.23. The summed E-state index contributed by atoms with van der Waals surface area (Å²) in [5, 5.41) is 11.1. The van der Waals surface area contributed by atoms with Crippen LogP contribution in [-0.2, 0) is 4.79 Å². The molecule has 1 aromatic carbocycles. The lowest BCUT2D eigenvalue weighted by molar-refractivity contribution is -0.120. The predicted octanol–water partition coefficient (Wildman–Crippen LogP) is 1.28. The van der Waals surface area contributed by atoms with Gasteiger partial charge in [0.05, 0.1) is 19.0 Å². The molecule has 0 spiro atoms. The van der Waals surface area contributed by atoms with Gasteiger partial charge in [-0.2, -0.15) is 0 Å². The Balaban J connectivity index is 2.49. The van der Waals surface area contributed by atoms with Crippen molar-refractivity contribution >= 4 is 17.7 Å². The fraction of sp³-hybridized carbons (Fsp3) is 0.417. The summed E-state index contributed by atoms with van der Waals surface area (Å²) in [6.45, 7) is 2.10. The van der Waals surface area contributed by atoms with Crippen LogP contribution in [-0.4, -0.2) is 36.5 Å². The van der Waals surface area contributed by atoms with E-state index in [2.05, 4.69) is 5.32 Å². The van der Waals surface area contributed by atoms with Crippen LogP contribution in [0, 0.1) is 0 Å². The van der Waals surface area contributed by atoms with Gasteiger partial charge < -0.3 is 15.2 Å². The van der Waals surface area contributed by atoms with Crippen LogP contribution in [0.3, 0.4) is 0 Å². The molecule has 0 bridgehead atoms. The number of hydrogen-bond acceptors (Lipinski definition) is 4. The second kappa shape index (κ2) is 7.19. The molecule has 0 saturated carbocycles. The van der Waals surface area contributed by atoms with E-state index in [1.165, 1.54) is 11.8 Å². The van der Waals surface area contributed by atoms with Gasteiger partial charge in [-0.15, -0.1) is 11.8 Å². The topological polar surface area (TPSA) is 58.6 Å². The van der Waals surface area contributed by atoms with E-state index >= 15 is 0 Å². The van der Waals surface area contributed by atoms with Gasteiger partial charge in [0.25, 0.3) is 0 Å². The predicted molar refractivity (Wildman–Crippen MR) is 68.4 cm³/mol. The zero-order valence-corrected chi connectivity index (χ0v) is 10.8. The quantitative estimate of drug-likeness (QED) is 0.752. The molecule has 2 N–H and O–H groups in total. The van der Waals surface area contributed by atoms with Crippen LogP contribution in [0.25, 0.3) is 0 Å². The normalized spacial score (nSPS) is 11.9. The number of carbonyl (C=O) groups is 1. The summed E-state index contributed by atoms with van der Waals surface area (Å²) in [5.41, 5.74) is 0. The van der Waals surface area contributed by atoms with Crippen LogP contribution >= 0.6 is 11.8 Å². The van der Waals surface area contributed by atoms with E-state index in [-0.39, 0.29) is 17.8 Å². The third-order valence-electron chi connectivity index (χ3n) is 2.15. The molecule has 1 atom stereocenters. The van der Waals surface area contributed by atoms with Crippen molar-refractivity contribution in [3.63, 3.8) is 0 Å². The summed E-state index contributed by atoms with van der Waals surface area (Å²) in [5.74, 6) is 0.728. The molecule has 0 aliphatic carbocycles. The minimum Gasteiger partial charge on any atom is -0.497 e. The first-order chi connectivity index (χ1) is 8.17. The third-order valence-corrected chi connectivity index (χ3v) is 3.26. The Morgan fingerprint density at radius 2 is 2.12 bits per heavy atom. The van der Waals surface area contributed by atoms with Gasteiger partial charge in [0.15, 0.2) is 0 Å². The van der Waals surface area contributed by atoms with Gasteiger partial charge in [0.2, 0.25) is 5.91 Å². The van der Waals surface area contributed by atoms with Crippen molar-refractivity contribution in [2.75, 3.05) is 20.3 Å². The Morgan fingerprint density at radius 3 is 2.65 bits per heavy atom. The standard InChI is InChI=1S/C12H17NO3S/c1-9(12(15)13-7-8-14)17-11-5-3-10(16-2)4-6-11/h3-6,9,14H,7-8H2,1-2H3,(H,13,15). The van der Waals surface area contributed by atoms with Crippen molar-refractivity contribution in [3.05, 3.63) is 24.3 Å². The number of ether oxygens (including phenoxy) is 1. The highest BCUT2D eigenvalue weighted by Gasteiger charge is 2.13. The first-order valence-electron chi connectivity index (χ1n) is 5.36. The van der Waals surface area contributed by atoms with Gasteiger partial charge in [-0.1, -0.05) is 0 Å². The average Bonchev–Trinajstić information content (AvgIpc) is 2.36. The first-order valence-corrected chi connectivity index (χ1v) is 6.24. The summed E-state index contributed by atoms with van der Waals surface area (Å²) in [6, 6.07) is 7.56. The fourth-order valence-corrected chi connectivity index (χ4v) is 2.13. The van der Waals surface area contributed by atoms with E-state index < -0.39 is 0 Å². The van der Waals surface area contributed by atoms with Crippen molar-refractivity contribution in [3.8, 4) is 5.75 Å². The molecule has 0 fully saturated rings. The number of rotatable bonds is 6. The highest BCUT2D eigenvalue weighted by atomic mass is 32.2. The van der Waals surface area contributed by atoms with Gasteiger partial charge in [0, 0.05) is 11.4 Å². The number of thioether (sulfide) groups is 1. The number of aliphatic hydroxyl groups is 1. The third kappa shape index (κ3) is 4.66. The van der Waals surface area contributed by atoms with Crippen molar-refractivity contribution < 1.29 is 14.6 Å². The SMILES string of the molecule is COc1ccc(SC(C)C(=O)NCCO)cc1. The van der Waals surface area contributed by atoms with Crippen LogP contribution < -0.4 is 10.1 Å². The Kier molecular flexibility index (Phi) is 5.86. The molecule has 0 aromatic heterocycles. The molecule has 94 valence electrons. The van der Waals surface area contributed by atoms with Gasteiger partial charge in [-0.05, 0) is 31.2 Å². The van der Waals surface area contributed by atoms with Crippen LogP contribution in [0.2, 0.25) is 0 Å². The highest BCUT2D eigenvalue weighted by molar-refractivity contribution is 8.00. The smallest absolute Gasteiger partial charge is 0.233 e. The molecule has 5 heteroatoms. The second-order valence-corrected chi connectivity index (χ2v) is 4.86. The molecule has 17 heavy (non-hydrogen) atoms.